The zero-order valence-electron chi connectivity index (χ0n) is 7.59. The number of phenols is 1. The molecule has 0 radical (unpaired) electrons. The number of phenolic OH excluding ortho intramolecular Hbond substituents is 1. The molecule has 2 rings (SSSR count). The Balaban J connectivity index is 2.64. The molecule has 0 saturated carbocycles. The van der Waals surface area contributed by atoms with Crippen LogP contribution < -0.4 is 0 Å². The molecular weight excluding hydrogens is 148 g/mol. The monoisotopic (exact) mass is 162 g/mol. The lowest BCUT2D eigenvalue weighted by Crippen LogP contribution is -2.11. The number of aryl methyl sites for hydroxylation is 1. The highest BCUT2D eigenvalue weighted by Crippen LogP contribution is 2.42. The van der Waals surface area contributed by atoms with E-state index >= 15 is 0 Å². The van der Waals surface area contributed by atoms with Gasteiger partial charge in [0.25, 0.3) is 0 Å². The summed E-state index contributed by atoms with van der Waals surface area (Å²) in [7, 11) is 0. The topological polar surface area (TPSA) is 20.2 Å². The van der Waals surface area contributed by atoms with Gasteiger partial charge < -0.3 is 5.11 Å². The lowest BCUT2D eigenvalue weighted by atomic mass is 9.86. The third-order valence-corrected chi connectivity index (χ3v) is 2.82. The molecule has 0 fully saturated rings. The van der Waals surface area contributed by atoms with Crippen molar-refractivity contribution in [1.82, 2.24) is 0 Å². The normalized spacial score (nSPS) is 19.2. The summed E-state index contributed by atoms with van der Waals surface area (Å²) < 4.78 is 0. The Morgan fingerprint density at radius 2 is 2.08 bits per heavy atom. The SMILES string of the molecule is CC1(C)CCc2cccc(O)c21. The molecule has 0 heterocycles. The van der Waals surface area contributed by atoms with Gasteiger partial charge in [-0.15, -0.1) is 0 Å². The third kappa shape index (κ3) is 0.927. The van der Waals surface area contributed by atoms with Gasteiger partial charge in [-0.05, 0) is 29.9 Å². The summed E-state index contributed by atoms with van der Waals surface area (Å²) in [4.78, 5) is 0. The molecule has 0 amide bonds. The minimum absolute atomic E-state index is 0.167. The van der Waals surface area contributed by atoms with Crippen LogP contribution in [0, 0.1) is 0 Å². The molecule has 1 nitrogen and oxygen atoms in total. The van der Waals surface area contributed by atoms with Gasteiger partial charge in [-0.3, -0.25) is 0 Å². The van der Waals surface area contributed by atoms with Gasteiger partial charge in [0.2, 0.25) is 0 Å². The molecule has 1 aromatic carbocycles. The first-order valence-electron chi connectivity index (χ1n) is 4.42. The van der Waals surface area contributed by atoms with Crippen LogP contribution >= 0.6 is 0 Å². The first kappa shape index (κ1) is 7.66. The van der Waals surface area contributed by atoms with Gasteiger partial charge in [0.05, 0.1) is 0 Å². The van der Waals surface area contributed by atoms with Crippen LogP contribution in [0.25, 0.3) is 0 Å². The molecule has 12 heavy (non-hydrogen) atoms. The van der Waals surface area contributed by atoms with Crippen LogP contribution in [0.5, 0.6) is 5.75 Å². The molecule has 0 aliphatic heterocycles. The van der Waals surface area contributed by atoms with Crippen LogP contribution in [-0.2, 0) is 11.8 Å². The fraction of sp³-hybridized carbons (Fsp3) is 0.455. The lowest BCUT2D eigenvalue weighted by molar-refractivity contribution is 0.439. The first-order valence-corrected chi connectivity index (χ1v) is 4.42. The minimum atomic E-state index is 0.167. The highest BCUT2D eigenvalue weighted by molar-refractivity contribution is 5.47. The second-order valence-electron chi connectivity index (χ2n) is 4.20. The largest absolute Gasteiger partial charge is 0.508 e. The number of rotatable bonds is 0. The average Bonchev–Trinajstić information content (AvgIpc) is 2.29. The van der Waals surface area contributed by atoms with Crippen molar-refractivity contribution in [3.05, 3.63) is 29.3 Å². The Morgan fingerprint density at radius 3 is 2.75 bits per heavy atom. The maximum atomic E-state index is 9.67. The van der Waals surface area contributed by atoms with E-state index in [4.69, 9.17) is 0 Å². The van der Waals surface area contributed by atoms with Gasteiger partial charge in [0, 0.05) is 5.56 Å². The predicted octanol–water partition coefficient (Wildman–Crippen LogP) is 2.62. The van der Waals surface area contributed by atoms with E-state index in [1.54, 1.807) is 6.07 Å². The lowest BCUT2D eigenvalue weighted by Gasteiger charge is -2.19. The van der Waals surface area contributed by atoms with E-state index < -0.39 is 0 Å². The standard InChI is InChI=1S/C11H14O/c1-11(2)7-6-8-4-3-5-9(12)10(8)11/h3-5,12H,6-7H2,1-2H3. The molecule has 1 heteroatoms. The minimum Gasteiger partial charge on any atom is -0.508 e. The molecule has 1 aliphatic carbocycles. The second-order valence-corrected chi connectivity index (χ2v) is 4.20. The summed E-state index contributed by atoms with van der Waals surface area (Å²) in [6.07, 6.45) is 2.26. The quantitative estimate of drug-likeness (QED) is 0.621. The van der Waals surface area contributed by atoms with Crippen LogP contribution in [0.15, 0.2) is 18.2 Å². The van der Waals surface area contributed by atoms with E-state index in [1.165, 1.54) is 5.56 Å². The zero-order chi connectivity index (χ0) is 8.77. The smallest absolute Gasteiger partial charge is 0.119 e. The number of hydrogen-bond donors (Lipinski definition) is 1. The molecule has 0 aromatic heterocycles. The van der Waals surface area contributed by atoms with Crippen molar-refractivity contribution in [2.24, 2.45) is 0 Å². The van der Waals surface area contributed by atoms with Gasteiger partial charge in [-0.1, -0.05) is 26.0 Å². The molecule has 0 bridgehead atoms. The van der Waals surface area contributed by atoms with E-state index in [1.807, 2.05) is 6.07 Å². The van der Waals surface area contributed by atoms with E-state index in [-0.39, 0.29) is 5.41 Å². The van der Waals surface area contributed by atoms with Crippen LogP contribution in [0.2, 0.25) is 0 Å². The number of hydrogen-bond acceptors (Lipinski definition) is 1. The van der Waals surface area contributed by atoms with Crippen molar-refractivity contribution < 1.29 is 5.11 Å². The van der Waals surface area contributed by atoms with Gasteiger partial charge in [-0.2, -0.15) is 0 Å². The zero-order valence-corrected chi connectivity index (χ0v) is 7.59. The average molecular weight is 162 g/mol. The van der Waals surface area contributed by atoms with Gasteiger partial charge in [-0.25, -0.2) is 0 Å². The van der Waals surface area contributed by atoms with Crippen molar-refractivity contribution in [1.29, 1.82) is 0 Å². The maximum absolute atomic E-state index is 9.67. The summed E-state index contributed by atoms with van der Waals surface area (Å²) in [6, 6.07) is 5.82. The highest BCUT2D eigenvalue weighted by Gasteiger charge is 2.31. The van der Waals surface area contributed by atoms with Crippen molar-refractivity contribution in [2.45, 2.75) is 32.1 Å². The highest BCUT2D eigenvalue weighted by atomic mass is 16.3. The number of aromatic hydroxyl groups is 1. The fourth-order valence-corrected chi connectivity index (χ4v) is 2.15. The fourth-order valence-electron chi connectivity index (χ4n) is 2.15. The second kappa shape index (κ2) is 2.25. The molecule has 1 N–H and O–H groups in total. The van der Waals surface area contributed by atoms with Gasteiger partial charge >= 0.3 is 0 Å². The van der Waals surface area contributed by atoms with Crippen molar-refractivity contribution in [3.63, 3.8) is 0 Å². The Kier molecular flexibility index (Phi) is 1.44. The molecule has 0 saturated heterocycles. The molecular formula is C11H14O. The Bertz CT molecular complexity index is 313. The van der Waals surface area contributed by atoms with E-state index in [0.717, 1.165) is 18.4 Å². The van der Waals surface area contributed by atoms with Crippen molar-refractivity contribution in [2.75, 3.05) is 0 Å². The molecule has 64 valence electrons. The van der Waals surface area contributed by atoms with Crippen LogP contribution in [-0.4, -0.2) is 5.11 Å². The summed E-state index contributed by atoms with van der Waals surface area (Å²) in [5.74, 6) is 0.468. The van der Waals surface area contributed by atoms with Crippen LogP contribution in [0.4, 0.5) is 0 Å². The Hall–Kier alpha value is -0.980. The molecule has 0 spiro atoms. The molecule has 1 aromatic rings. The Labute approximate surface area is 73.0 Å². The summed E-state index contributed by atoms with van der Waals surface area (Å²) in [5, 5.41) is 9.67. The molecule has 0 unspecified atom stereocenters. The first-order chi connectivity index (χ1) is 5.61. The van der Waals surface area contributed by atoms with E-state index in [9.17, 15) is 5.11 Å². The third-order valence-electron chi connectivity index (χ3n) is 2.82. The van der Waals surface area contributed by atoms with Crippen molar-refractivity contribution >= 4 is 0 Å². The summed E-state index contributed by atoms with van der Waals surface area (Å²) >= 11 is 0. The number of benzene rings is 1. The van der Waals surface area contributed by atoms with E-state index in [2.05, 4.69) is 19.9 Å². The maximum Gasteiger partial charge on any atom is 0.119 e. The molecule has 0 atom stereocenters. The van der Waals surface area contributed by atoms with Gasteiger partial charge in [0.1, 0.15) is 5.75 Å². The Morgan fingerprint density at radius 1 is 1.33 bits per heavy atom. The summed E-state index contributed by atoms with van der Waals surface area (Å²) in [5.41, 5.74) is 2.64. The van der Waals surface area contributed by atoms with Crippen LogP contribution in [0.3, 0.4) is 0 Å². The molecule has 1 aliphatic rings. The van der Waals surface area contributed by atoms with Crippen LogP contribution in [0.1, 0.15) is 31.4 Å². The predicted molar refractivity (Wildman–Crippen MR) is 49.5 cm³/mol. The van der Waals surface area contributed by atoms with Gasteiger partial charge in [0.15, 0.2) is 0 Å². The summed E-state index contributed by atoms with van der Waals surface area (Å²) in [6.45, 7) is 4.39. The van der Waals surface area contributed by atoms with Crippen molar-refractivity contribution in [3.8, 4) is 5.75 Å². The van der Waals surface area contributed by atoms with E-state index in [0.29, 0.717) is 5.75 Å². The number of fused-ring (bicyclic) bond motifs is 1.